The van der Waals surface area contributed by atoms with E-state index in [4.69, 9.17) is 0 Å². The number of aromatic nitrogens is 1. The van der Waals surface area contributed by atoms with Gasteiger partial charge in [-0.2, -0.15) is 26.3 Å². The van der Waals surface area contributed by atoms with E-state index in [9.17, 15) is 36.6 Å². The normalized spacial score (nSPS) is 14.6. The Labute approximate surface area is 173 Å². The molecule has 2 atom stereocenters. The van der Waals surface area contributed by atoms with Crippen LogP contribution in [0.15, 0.2) is 54.6 Å². The largest absolute Gasteiger partial charge is 0.433 e. The molecular formula is C21H18F6N2O2. The Morgan fingerprint density at radius 1 is 0.903 bits per heavy atom. The first kappa shape index (κ1) is 23.0. The third-order valence-electron chi connectivity index (χ3n) is 4.77. The van der Waals surface area contributed by atoms with Gasteiger partial charge >= 0.3 is 12.4 Å². The number of aliphatic hydroxyl groups is 2. The second kappa shape index (κ2) is 8.81. The lowest BCUT2D eigenvalue weighted by atomic mass is 9.99. The summed E-state index contributed by atoms with van der Waals surface area (Å²) in [6.07, 6.45) is -11.5. The number of pyridine rings is 1. The van der Waals surface area contributed by atoms with Crippen LogP contribution in [0.5, 0.6) is 0 Å². The minimum Gasteiger partial charge on any atom is -0.394 e. The van der Waals surface area contributed by atoms with Crippen LogP contribution in [-0.2, 0) is 12.4 Å². The van der Waals surface area contributed by atoms with Crippen LogP contribution >= 0.6 is 0 Å². The second-order valence-corrected chi connectivity index (χ2v) is 6.86. The van der Waals surface area contributed by atoms with E-state index in [2.05, 4.69) is 10.3 Å². The van der Waals surface area contributed by atoms with Crippen LogP contribution in [0.1, 0.15) is 34.5 Å². The highest BCUT2D eigenvalue weighted by Crippen LogP contribution is 2.38. The standard InChI is InChI=1S/C21H18F6N2O2/c22-20(23,24)15-8-4-7-13-14(9-18(21(25,26)27)29-19(13)15)17(31)10-28-16(11-30)12-5-2-1-3-6-12/h1-9,16-17,28,30-31H,10-11H2/t16-,17+/m0/s1. The lowest BCUT2D eigenvalue weighted by Crippen LogP contribution is -2.29. The number of nitrogens with one attached hydrogen (secondary N) is 1. The fourth-order valence-corrected chi connectivity index (χ4v) is 3.26. The van der Waals surface area contributed by atoms with E-state index >= 15 is 0 Å². The van der Waals surface area contributed by atoms with Gasteiger partial charge in [0.05, 0.1) is 29.8 Å². The predicted octanol–water partition coefficient (Wildman–Crippen LogP) is 4.63. The van der Waals surface area contributed by atoms with Crippen molar-refractivity contribution in [2.24, 2.45) is 0 Å². The van der Waals surface area contributed by atoms with E-state index in [1.165, 1.54) is 6.07 Å². The van der Waals surface area contributed by atoms with Crippen molar-refractivity contribution < 1.29 is 36.6 Å². The molecule has 4 nitrogen and oxygen atoms in total. The molecule has 0 spiro atoms. The van der Waals surface area contributed by atoms with Gasteiger partial charge in [-0.1, -0.05) is 42.5 Å². The summed E-state index contributed by atoms with van der Waals surface area (Å²) >= 11 is 0. The van der Waals surface area contributed by atoms with Gasteiger partial charge in [0.2, 0.25) is 0 Å². The first-order valence-corrected chi connectivity index (χ1v) is 9.17. The van der Waals surface area contributed by atoms with Gasteiger partial charge in [-0.15, -0.1) is 0 Å². The summed E-state index contributed by atoms with van der Waals surface area (Å²) in [6.45, 7) is -0.674. The smallest absolute Gasteiger partial charge is 0.394 e. The second-order valence-electron chi connectivity index (χ2n) is 6.86. The maximum absolute atomic E-state index is 13.3. The van der Waals surface area contributed by atoms with Gasteiger partial charge < -0.3 is 15.5 Å². The minimum absolute atomic E-state index is 0.239. The fraction of sp³-hybridized carbons (Fsp3) is 0.286. The molecule has 0 fully saturated rings. The molecule has 0 amide bonds. The molecule has 10 heteroatoms. The Morgan fingerprint density at radius 2 is 1.58 bits per heavy atom. The number of fused-ring (bicyclic) bond motifs is 1. The summed E-state index contributed by atoms with van der Waals surface area (Å²) in [5.41, 5.74) is -3.42. The Kier molecular flexibility index (Phi) is 6.54. The zero-order valence-corrected chi connectivity index (χ0v) is 15.9. The molecule has 0 saturated carbocycles. The van der Waals surface area contributed by atoms with E-state index < -0.39 is 41.3 Å². The zero-order chi connectivity index (χ0) is 22.8. The molecule has 31 heavy (non-hydrogen) atoms. The molecule has 3 N–H and O–H groups in total. The van der Waals surface area contributed by atoms with E-state index in [1.807, 2.05) is 0 Å². The zero-order valence-electron chi connectivity index (χ0n) is 15.9. The summed E-state index contributed by atoms with van der Waals surface area (Å²) in [5.74, 6) is 0. The lowest BCUT2D eigenvalue weighted by molar-refractivity contribution is -0.142. The molecule has 0 aliphatic heterocycles. The van der Waals surface area contributed by atoms with Crippen LogP contribution in [0.2, 0.25) is 0 Å². The Morgan fingerprint density at radius 3 is 2.16 bits per heavy atom. The van der Waals surface area contributed by atoms with Crippen molar-refractivity contribution in [2.75, 3.05) is 13.2 Å². The molecule has 0 bridgehead atoms. The number of para-hydroxylation sites is 1. The quantitative estimate of drug-likeness (QED) is 0.485. The van der Waals surface area contributed by atoms with Crippen LogP contribution in [0.4, 0.5) is 26.3 Å². The van der Waals surface area contributed by atoms with Crippen molar-refractivity contribution in [3.63, 3.8) is 0 Å². The average Bonchev–Trinajstić information content (AvgIpc) is 2.72. The molecule has 0 unspecified atom stereocenters. The van der Waals surface area contributed by atoms with Crippen molar-refractivity contribution in [1.29, 1.82) is 0 Å². The monoisotopic (exact) mass is 444 g/mol. The molecule has 3 aromatic rings. The van der Waals surface area contributed by atoms with Gasteiger partial charge in [0.1, 0.15) is 5.69 Å². The highest BCUT2D eigenvalue weighted by atomic mass is 19.4. The molecule has 0 radical (unpaired) electrons. The summed E-state index contributed by atoms with van der Waals surface area (Å²) in [7, 11) is 0. The predicted molar refractivity (Wildman–Crippen MR) is 101 cm³/mol. The van der Waals surface area contributed by atoms with Gasteiger partial charge in [-0.25, -0.2) is 4.98 Å². The first-order chi connectivity index (χ1) is 14.5. The summed E-state index contributed by atoms with van der Waals surface area (Å²) in [6, 6.07) is 11.4. The Hall–Kier alpha value is -2.69. The van der Waals surface area contributed by atoms with Crippen LogP contribution in [-0.4, -0.2) is 28.3 Å². The summed E-state index contributed by atoms with van der Waals surface area (Å²) in [5, 5.41) is 22.7. The molecule has 0 saturated heterocycles. The molecule has 2 aromatic carbocycles. The van der Waals surface area contributed by atoms with Crippen LogP contribution in [0.3, 0.4) is 0 Å². The number of aliphatic hydroxyl groups excluding tert-OH is 2. The number of rotatable bonds is 6. The Bertz CT molecular complexity index is 1040. The van der Waals surface area contributed by atoms with Crippen LogP contribution in [0, 0.1) is 0 Å². The number of hydrogen-bond acceptors (Lipinski definition) is 4. The van der Waals surface area contributed by atoms with Crippen molar-refractivity contribution in [3.05, 3.63) is 77.0 Å². The van der Waals surface area contributed by atoms with Crippen LogP contribution < -0.4 is 5.32 Å². The number of hydrogen-bond donors (Lipinski definition) is 3. The van der Waals surface area contributed by atoms with Gasteiger partial charge in [0, 0.05) is 11.9 Å². The van der Waals surface area contributed by atoms with Crippen molar-refractivity contribution >= 4 is 10.9 Å². The number of benzene rings is 2. The van der Waals surface area contributed by atoms with Crippen LogP contribution in [0.25, 0.3) is 10.9 Å². The topological polar surface area (TPSA) is 65.4 Å². The van der Waals surface area contributed by atoms with Crippen molar-refractivity contribution in [3.8, 4) is 0 Å². The molecular weight excluding hydrogens is 426 g/mol. The maximum Gasteiger partial charge on any atom is 0.433 e. The highest BCUT2D eigenvalue weighted by molar-refractivity contribution is 5.86. The van der Waals surface area contributed by atoms with Gasteiger partial charge in [0.15, 0.2) is 0 Å². The number of nitrogens with zero attached hydrogens (tertiary/aromatic N) is 1. The first-order valence-electron chi connectivity index (χ1n) is 9.17. The van der Waals surface area contributed by atoms with Gasteiger partial charge in [-0.05, 0) is 23.3 Å². The van der Waals surface area contributed by atoms with E-state index in [0.29, 0.717) is 17.7 Å². The third kappa shape index (κ3) is 5.15. The fourth-order valence-electron chi connectivity index (χ4n) is 3.26. The van der Waals surface area contributed by atoms with E-state index in [0.717, 1.165) is 6.07 Å². The van der Waals surface area contributed by atoms with Crippen molar-refractivity contribution in [2.45, 2.75) is 24.5 Å². The molecule has 1 heterocycles. The van der Waals surface area contributed by atoms with Gasteiger partial charge in [-0.3, -0.25) is 0 Å². The summed E-state index contributed by atoms with van der Waals surface area (Å²) < 4.78 is 79.9. The molecule has 0 aliphatic carbocycles. The molecule has 1 aromatic heterocycles. The maximum atomic E-state index is 13.3. The van der Waals surface area contributed by atoms with Crippen molar-refractivity contribution in [1.82, 2.24) is 10.3 Å². The van der Waals surface area contributed by atoms with E-state index in [-0.39, 0.29) is 24.1 Å². The minimum atomic E-state index is -5.01. The molecule has 166 valence electrons. The summed E-state index contributed by atoms with van der Waals surface area (Å²) in [4.78, 5) is 3.20. The molecule has 3 rings (SSSR count). The third-order valence-corrected chi connectivity index (χ3v) is 4.77. The average molecular weight is 444 g/mol. The van der Waals surface area contributed by atoms with Gasteiger partial charge in [0.25, 0.3) is 0 Å². The Balaban J connectivity index is 2.02. The van der Waals surface area contributed by atoms with E-state index in [1.54, 1.807) is 30.3 Å². The number of alkyl halides is 6. The number of halogens is 6. The lowest BCUT2D eigenvalue weighted by Gasteiger charge is -2.22. The highest BCUT2D eigenvalue weighted by Gasteiger charge is 2.38. The molecule has 0 aliphatic rings. The SMILES string of the molecule is OC[C@H](NC[C@@H](O)c1cc(C(F)(F)F)nc2c(C(F)(F)F)cccc12)c1ccccc1.